The van der Waals surface area contributed by atoms with Crippen molar-refractivity contribution in [1.82, 2.24) is 0 Å². The largest absolute Gasteiger partial charge is 0.472 e. The zero-order valence-corrected chi connectivity index (χ0v) is 72.8. The number of hydrogen-bond acceptors (Lipinski definition) is 15. The first-order valence-electron chi connectivity index (χ1n) is 46.1. The fourth-order valence-corrected chi connectivity index (χ4v) is 15.6. The summed E-state index contributed by atoms with van der Waals surface area (Å²) in [5, 5.41) is 10.7. The highest BCUT2D eigenvalue weighted by Crippen LogP contribution is 2.45. The molecule has 0 saturated carbocycles. The maximum absolute atomic E-state index is 13.2. The third-order valence-electron chi connectivity index (χ3n) is 21.0. The minimum absolute atomic E-state index is 0.109. The molecule has 0 spiro atoms. The normalized spacial score (nSPS) is 13.7. The molecule has 0 amide bonds. The Bertz CT molecular complexity index is 2050. The second kappa shape index (κ2) is 81.6. The molecular weight excluding hydrogens is 1400 g/mol. The number of phosphoric ester groups is 2. The van der Waals surface area contributed by atoms with Crippen LogP contribution >= 0.6 is 15.6 Å². The summed E-state index contributed by atoms with van der Waals surface area (Å²) in [5.74, 6) is -1.28. The second-order valence-corrected chi connectivity index (χ2v) is 35.4. The van der Waals surface area contributed by atoms with Gasteiger partial charge in [0.15, 0.2) is 12.2 Å². The smallest absolute Gasteiger partial charge is 0.462 e. The van der Waals surface area contributed by atoms with E-state index in [-0.39, 0.29) is 25.7 Å². The summed E-state index contributed by atoms with van der Waals surface area (Å²) in [6.45, 7) is 7.42. The van der Waals surface area contributed by atoms with Crippen LogP contribution < -0.4 is 0 Å². The van der Waals surface area contributed by atoms with Gasteiger partial charge in [0.05, 0.1) is 26.4 Å². The summed E-state index contributed by atoms with van der Waals surface area (Å²) in [4.78, 5) is 73.4. The Balaban J connectivity index is 5.24. The molecule has 0 aromatic rings. The van der Waals surface area contributed by atoms with Gasteiger partial charge in [-0.15, -0.1) is 0 Å². The fourth-order valence-electron chi connectivity index (χ4n) is 14.0. The Morgan fingerprint density at radius 3 is 0.630 bits per heavy atom. The fraction of sp³-hybridized carbons (Fsp3) is 0.955. The lowest BCUT2D eigenvalue weighted by molar-refractivity contribution is -0.161. The Morgan fingerprint density at radius 2 is 0.426 bits per heavy atom. The molecule has 17 nitrogen and oxygen atoms in total. The average molecular weight is 1580 g/mol. The van der Waals surface area contributed by atoms with E-state index in [1.807, 2.05) is 0 Å². The molecule has 0 radical (unpaired) electrons. The van der Waals surface area contributed by atoms with Crippen molar-refractivity contribution in [3.8, 4) is 0 Å². The van der Waals surface area contributed by atoms with Crippen molar-refractivity contribution in [3.63, 3.8) is 0 Å². The van der Waals surface area contributed by atoms with E-state index in [0.29, 0.717) is 25.7 Å². The van der Waals surface area contributed by atoms with Crippen molar-refractivity contribution in [3.05, 3.63) is 0 Å². The lowest BCUT2D eigenvalue weighted by Crippen LogP contribution is -2.30. The van der Waals surface area contributed by atoms with Gasteiger partial charge in [0.25, 0.3) is 0 Å². The zero-order valence-electron chi connectivity index (χ0n) is 71.0. The molecule has 2 unspecified atom stereocenters. The van der Waals surface area contributed by atoms with E-state index < -0.39 is 97.5 Å². The maximum atomic E-state index is 13.2. The predicted molar refractivity (Wildman–Crippen MR) is 446 cm³/mol. The van der Waals surface area contributed by atoms with Crippen molar-refractivity contribution in [2.75, 3.05) is 39.6 Å². The number of rotatable bonds is 89. The van der Waals surface area contributed by atoms with Gasteiger partial charge in [-0.1, -0.05) is 433 Å². The van der Waals surface area contributed by atoms with Gasteiger partial charge in [-0.2, -0.15) is 0 Å². The number of phosphoric acid groups is 2. The predicted octanol–water partition coefficient (Wildman–Crippen LogP) is 27.5. The Hall–Kier alpha value is -1.94. The lowest BCUT2D eigenvalue weighted by atomic mass is 10.0. The zero-order chi connectivity index (χ0) is 79.0. The molecule has 0 saturated heterocycles. The van der Waals surface area contributed by atoms with E-state index in [2.05, 4.69) is 34.6 Å². The van der Waals surface area contributed by atoms with Gasteiger partial charge >= 0.3 is 39.5 Å². The SMILES string of the molecule is CCCCCCCCCCCCCCCCCCCCCCCC(=O)O[C@H](COC(=O)CCCCCCCCCCCCCCCCCCC(C)C)COP(=O)(O)OC[C@@H](O)COP(=O)(O)OC[C@@H](COC(=O)CCCCCCCCCCCCCC)OC(=O)CCCCCCCCCCCCCCCCCC. The quantitative estimate of drug-likeness (QED) is 0.0222. The van der Waals surface area contributed by atoms with E-state index in [4.69, 9.17) is 37.0 Å². The van der Waals surface area contributed by atoms with Gasteiger partial charge in [0.1, 0.15) is 19.3 Å². The molecule has 0 bridgehead atoms. The van der Waals surface area contributed by atoms with Crippen LogP contribution in [-0.4, -0.2) is 96.7 Å². The minimum atomic E-state index is -4.97. The number of ether oxygens (including phenoxy) is 4. The van der Waals surface area contributed by atoms with Crippen molar-refractivity contribution in [2.45, 2.75) is 502 Å². The van der Waals surface area contributed by atoms with E-state index in [1.54, 1.807) is 0 Å². The van der Waals surface area contributed by atoms with E-state index in [9.17, 15) is 43.2 Å². The van der Waals surface area contributed by atoms with Crippen LogP contribution in [0, 0.1) is 5.92 Å². The molecule has 0 aliphatic rings. The van der Waals surface area contributed by atoms with E-state index in [1.165, 1.54) is 308 Å². The molecule has 5 atom stereocenters. The summed E-state index contributed by atoms with van der Waals surface area (Å²) < 4.78 is 69.0. The molecule has 0 rings (SSSR count). The Morgan fingerprint density at radius 1 is 0.250 bits per heavy atom. The second-order valence-electron chi connectivity index (χ2n) is 32.5. The van der Waals surface area contributed by atoms with Crippen molar-refractivity contribution in [2.24, 2.45) is 5.92 Å². The summed E-state index contributed by atoms with van der Waals surface area (Å²) in [5.41, 5.74) is 0. The molecule has 0 aromatic heterocycles. The summed E-state index contributed by atoms with van der Waals surface area (Å²) >= 11 is 0. The first-order chi connectivity index (χ1) is 52.5. The first kappa shape index (κ1) is 106. The molecule has 3 N–H and O–H groups in total. The molecular formula is C89H174O17P2. The topological polar surface area (TPSA) is 237 Å². The number of unbranched alkanes of at least 4 members (excludes halogenated alkanes) is 61. The van der Waals surface area contributed by atoms with Crippen LogP contribution in [0.1, 0.15) is 484 Å². The number of aliphatic hydroxyl groups is 1. The number of hydrogen-bond donors (Lipinski definition) is 3. The lowest BCUT2D eigenvalue weighted by Gasteiger charge is -2.21. The van der Waals surface area contributed by atoms with Crippen LogP contribution in [-0.2, 0) is 65.4 Å². The molecule has 0 aromatic carbocycles. The van der Waals surface area contributed by atoms with Crippen LogP contribution in [0.3, 0.4) is 0 Å². The summed E-state index contributed by atoms with van der Waals surface area (Å²) in [7, 11) is -9.93. The number of esters is 4. The first-order valence-corrected chi connectivity index (χ1v) is 49.1. The Labute approximate surface area is 664 Å². The highest BCUT2D eigenvalue weighted by Gasteiger charge is 2.30. The molecule has 0 fully saturated rings. The van der Waals surface area contributed by atoms with Gasteiger partial charge in [-0.3, -0.25) is 37.3 Å². The van der Waals surface area contributed by atoms with Gasteiger partial charge in [-0.05, 0) is 31.6 Å². The molecule has 0 heterocycles. The number of aliphatic hydroxyl groups excluding tert-OH is 1. The molecule has 642 valence electrons. The third-order valence-corrected chi connectivity index (χ3v) is 22.9. The van der Waals surface area contributed by atoms with Crippen LogP contribution in [0.15, 0.2) is 0 Å². The molecule has 108 heavy (non-hydrogen) atoms. The van der Waals surface area contributed by atoms with Crippen LogP contribution in [0.4, 0.5) is 0 Å². The Kier molecular flexibility index (Phi) is 80.2. The minimum Gasteiger partial charge on any atom is -0.462 e. The molecule has 0 aliphatic heterocycles. The summed E-state index contributed by atoms with van der Waals surface area (Å²) in [6, 6.07) is 0. The van der Waals surface area contributed by atoms with Crippen LogP contribution in [0.25, 0.3) is 0 Å². The number of carbonyl (C=O) groups is 4. The van der Waals surface area contributed by atoms with Gasteiger partial charge < -0.3 is 33.8 Å². The van der Waals surface area contributed by atoms with E-state index >= 15 is 0 Å². The standard InChI is InChI=1S/C89H174O17P2/c1-6-9-12-15-18-21-24-27-29-31-32-33-34-35-41-45-50-55-60-65-70-75-89(94)106-85(79-100-87(92)73-68-63-58-53-48-43-40-37-36-38-42-46-51-56-61-66-71-82(4)5)81-104-108(97,98)102-77-83(90)76-101-107(95,96)103-80-84(78-99-86(91)72-67-62-57-52-47-26-23-20-17-14-11-8-3)105-88(93)74-69-64-59-54-49-44-39-30-28-25-22-19-16-13-10-7-2/h82-85,90H,6-81H2,1-5H3,(H,95,96)(H,97,98)/t83-,84+,85+/m0/s1. The van der Waals surface area contributed by atoms with Crippen LogP contribution in [0.2, 0.25) is 0 Å². The maximum Gasteiger partial charge on any atom is 0.472 e. The van der Waals surface area contributed by atoms with Gasteiger partial charge in [0, 0.05) is 25.7 Å². The molecule has 19 heteroatoms. The van der Waals surface area contributed by atoms with Gasteiger partial charge in [0.2, 0.25) is 0 Å². The molecule has 0 aliphatic carbocycles. The van der Waals surface area contributed by atoms with Crippen molar-refractivity contribution >= 4 is 39.5 Å². The highest BCUT2D eigenvalue weighted by atomic mass is 31.2. The highest BCUT2D eigenvalue weighted by molar-refractivity contribution is 7.47. The number of carbonyl (C=O) groups excluding carboxylic acids is 4. The van der Waals surface area contributed by atoms with Crippen LogP contribution in [0.5, 0.6) is 0 Å². The van der Waals surface area contributed by atoms with Gasteiger partial charge in [-0.25, -0.2) is 9.13 Å². The monoisotopic (exact) mass is 1580 g/mol. The van der Waals surface area contributed by atoms with E-state index in [0.717, 1.165) is 95.8 Å². The third kappa shape index (κ3) is 82.1. The average Bonchev–Trinajstić information content (AvgIpc) is 0.899. The van der Waals surface area contributed by atoms with Crippen molar-refractivity contribution in [1.29, 1.82) is 0 Å². The van der Waals surface area contributed by atoms with Crippen molar-refractivity contribution < 1.29 is 80.2 Å². The summed E-state index contributed by atoms with van der Waals surface area (Å²) in [6.07, 6.45) is 76.3.